The number of benzene rings is 1. The van der Waals surface area contributed by atoms with Gasteiger partial charge in [-0.3, -0.25) is 0 Å². The van der Waals surface area contributed by atoms with Crippen LogP contribution in [-0.2, 0) is 11.0 Å². The van der Waals surface area contributed by atoms with Gasteiger partial charge in [0, 0.05) is 0 Å². The molecule has 0 aliphatic carbocycles. The molecule has 1 unspecified atom stereocenters. The molecule has 0 saturated carbocycles. The molecule has 0 bridgehead atoms. The smallest absolute Gasteiger partial charge is 0.142 e. The Balaban J connectivity index is 2.78. The average molecular weight is 255 g/mol. The molecule has 0 radical (unpaired) electrons. The molecule has 0 N–H and O–H groups in total. The van der Waals surface area contributed by atoms with Crippen LogP contribution in [0.2, 0.25) is 0 Å². The van der Waals surface area contributed by atoms with Gasteiger partial charge in [0.15, 0.2) is 0 Å². The largest absolute Gasteiger partial charge is 0.235 e. The van der Waals surface area contributed by atoms with Gasteiger partial charge in [-0.1, -0.05) is 25.5 Å². The Kier molecular flexibility index (Phi) is 5.48. The summed E-state index contributed by atoms with van der Waals surface area (Å²) >= 11 is 0. The highest BCUT2D eigenvalue weighted by Crippen LogP contribution is 2.09. The summed E-state index contributed by atoms with van der Waals surface area (Å²) in [5.74, 6) is -0.276. The molecule has 0 aromatic heterocycles. The van der Waals surface area contributed by atoms with Gasteiger partial charge in [0.25, 0.3) is 0 Å². The van der Waals surface area contributed by atoms with Gasteiger partial charge in [0.05, 0.1) is 11.0 Å². The molecule has 0 aliphatic rings. The van der Waals surface area contributed by atoms with Crippen molar-refractivity contribution >= 4 is 16.7 Å². The van der Waals surface area contributed by atoms with E-state index in [-0.39, 0.29) is 11.1 Å². The molecule has 0 aliphatic heterocycles. The Morgan fingerprint density at radius 3 is 2.53 bits per heavy atom. The highest BCUT2D eigenvalue weighted by Gasteiger charge is 2.09. The van der Waals surface area contributed by atoms with E-state index in [9.17, 15) is 8.60 Å². The lowest BCUT2D eigenvalue weighted by atomic mass is 10.1. The Bertz CT molecular complexity index is 414. The van der Waals surface area contributed by atoms with E-state index in [4.69, 9.17) is 0 Å². The van der Waals surface area contributed by atoms with Gasteiger partial charge in [-0.25, -0.2) is 8.60 Å². The zero-order chi connectivity index (χ0) is 12.8. The molecule has 0 saturated heterocycles. The van der Waals surface area contributed by atoms with Gasteiger partial charge in [-0.15, -0.1) is 0 Å². The molecular weight excluding hydrogens is 237 g/mol. The first-order valence-corrected chi connectivity index (χ1v) is 6.93. The van der Waals surface area contributed by atoms with Crippen molar-refractivity contribution in [2.24, 2.45) is 4.40 Å². The predicted molar refractivity (Wildman–Crippen MR) is 71.1 cm³/mol. The van der Waals surface area contributed by atoms with Crippen LogP contribution in [0.15, 0.2) is 28.7 Å². The van der Waals surface area contributed by atoms with Crippen molar-refractivity contribution < 1.29 is 8.60 Å². The number of hydrogen-bond donors (Lipinski definition) is 0. The Labute approximate surface area is 105 Å². The van der Waals surface area contributed by atoms with Crippen molar-refractivity contribution in [3.05, 3.63) is 35.6 Å². The first-order valence-electron chi connectivity index (χ1n) is 5.76. The molecule has 1 rings (SSSR count). The van der Waals surface area contributed by atoms with Crippen LogP contribution in [0.5, 0.6) is 0 Å². The molecule has 4 heteroatoms. The van der Waals surface area contributed by atoms with Crippen molar-refractivity contribution in [1.29, 1.82) is 0 Å². The van der Waals surface area contributed by atoms with Gasteiger partial charge < -0.3 is 0 Å². The van der Waals surface area contributed by atoms with Gasteiger partial charge in [-0.05, 0) is 38.0 Å². The molecule has 2 atom stereocenters. The fraction of sp³-hybridized carbons (Fsp3) is 0.462. The van der Waals surface area contributed by atoms with Crippen LogP contribution < -0.4 is 0 Å². The van der Waals surface area contributed by atoms with E-state index in [1.807, 2.05) is 6.92 Å². The molecule has 0 spiro atoms. The lowest BCUT2D eigenvalue weighted by molar-refractivity contribution is 0.628. The van der Waals surface area contributed by atoms with E-state index in [2.05, 4.69) is 11.3 Å². The average Bonchev–Trinajstić information content (AvgIpc) is 2.30. The normalized spacial score (nSPS) is 15.6. The van der Waals surface area contributed by atoms with Crippen LogP contribution >= 0.6 is 0 Å². The Morgan fingerprint density at radius 2 is 2.00 bits per heavy atom. The van der Waals surface area contributed by atoms with Crippen molar-refractivity contribution in [1.82, 2.24) is 0 Å². The van der Waals surface area contributed by atoms with E-state index in [1.54, 1.807) is 19.1 Å². The third kappa shape index (κ3) is 4.38. The van der Waals surface area contributed by atoms with E-state index in [1.165, 1.54) is 12.1 Å². The minimum atomic E-state index is -1.21. The molecule has 2 nitrogen and oxygen atoms in total. The van der Waals surface area contributed by atoms with Gasteiger partial charge >= 0.3 is 0 Å². The maximum absolute atomic E-state index is 12.7. The lowest BCUT2D eigenvalue weighted by Gasteiger charge is -2.07. The highest BCUT2D eigenvalue weighted by atomic mass is 32.2. The Morgan fingerprint density at radius 1 is 1.41 bits per heavy atom. The van der Waals surface area contributed by atoms with Crippen LogP contribution in [0.3, 0.4) is 0 Å². The quantitative estimate of drug-likeness (QED) is 0.741. The van der Waals surface area contributed by atoms with Gasteiger partial charge in [-0.2, -0.15) is 4.40 Å². The van der Waals surface area contributed by atoms with Crippen LogP contribution in [0.1, 0.15) is 39.2 Å². The molecule has 1 aromatic rings. The van der Waals surface area contributed by atoms with E-state index in [0.717, 1.165) is 18.4 Å². The maximum Gasteiger partial charge on any atom is 0.142 e. The van der Waals surface area contributed by atoms with Crippen LogP contribution in [-0.4, -0.2) is 15.2 Å². The standard InChI is InChI=1S/C13H18FNOS/c1-4-5-10(2)17(16)15-11(3)12-6-8-13(14)9-7-12/h6-10H,4-5H2,1-3H3/b15-11-/t10?,17-/m1/s1. The monoisotopic (exact) mass is 255 g/mol. The molecule has 1 aromatic carbocycles. The summed E-state index contributed by atoms with van der Waals surface area (Å²) < 4.78 is 28.7. The van der Waals surface area contributed by atoms with Crippen molar-refractivity contribution in [2.45, 2.75) is 38.9 Å². The second-order valence-electron chi connectivity index (χ2n) is 4.06. The van der Waals surface area contributed by atoms with E-state index in [0.29, 0.717) is 5.71 Å². The molecular formula is C13H18FNOS. The summed E-state index contributed by atoms with van der Waals surface area (Å²) in [5.41, 5.74) is 1.50. The fourth-order valence-corrected chi connectivity index (χ4v) is 2.47. The minimum absolute atomic E-state index is 0.0652. The van der Waals surface area contributed by atoms with Crippen LogP contribution in [0.25, 0.3) is 0 Å². The molecule has 0 fully saturated rings. The van der Waals surface area contributed by atoms with Crippen molar-refractivity contribution in [2.75, 3.05) is 0 Å². The summed E-state index contributed by atoms with van der Waals surface area (Å²) in [7, 11) is -1.21. The molecule has 17 heavy (non-hydrogen) atoms. The topological polar surface area (TPSA) is 29.4 Å². The van der Waals surface area contributed by atoms with E-state index < -0.39 is 11.0 Å². The highest BCUT2D eigenvalue weighted by molar-refractivity contribution is 7.84. The predicted octanol–water partition coefficient (Wildman–Crippen LogP) is 3.49. The van der Waals surface area contributed by atoms with Crippen LogP contribution in [0, 0.1) is 5.82 Å². The summed E-state index contributed by atoms with van der Waals surface area (Å²) in [6.45, 7) is 5.79. The zero-order valence-electron chi connectivity index (χ0n) is 10.4. The number of hydrogen-bond acceptors (Lipinski definition) is 1. The van der Waals surface area contributed by atoms with Gasteiger partial charge in [0.1, 0.15) is 16.8 Å². The zero-order valence-corrected chi connectivity index (χ0v) is 11.3. The number of halogens is 1. The summed E-state index contributed by atoms with van der Waals surface area (Å²) in [5, 5.41) is 0.0652. The first kappa shape index (κ1) is 14.0. The lowest BCUT2D eigenvalue weighted by Crippen LogP contribution is -2.10. The fourth-order valence-electron chi connectivity index (χ4n) is 1.48. The summed E-state index contributed by atoms with van der Waals surface area (Å²) in [6.07, 6.45) is 1.89. The summed E-state index contributed by atoms with van der Waals surface area (Å²) in [4.78, 5) is 0. The molecule has 0 amide bonds. The Hall–Kier alpha value is -1.03. The number of nitrogens with zero attached hydrogens (tertiary/aromatic N) is 1. The molecule has 94 valence electrons. The van der Waals surface area contributed by atoms with Crippen molar-refractivity contribution in [3.8, 4) is 0 Å². The minimum Gasteiger partial charge on any atom is -0.235 e. The van der Waals surface area contributed by atoms with Crippen LogP contribution in [0.4, 0.5) is 4.39 Å². The SMILES string of the molecule is CCCC(C)[S@@](=O)/N=C(/C)c1ccc(F)cc1. The molecule has 0 heterocycles. The van der Waals surface area contributed by atoms with E-state index >= 15 is 0 Å². The number of rotatable bonds is 5. The maximum atomic E-state index is 12.7. The first-order chi connectivity index (χ1) is 8.04. The summed E-state index contributed by atoms with van der Waals surface area (Å²) in [6, 6.07) is 6.06. The third-order valence-corrected chi connectivity index (χ3v) is 3.91. The second kappa shape index (κ2) is 6.64. The van der Waals surface area contributed by atoms with Crippen molar-refractivity contribution in [3.63, 3.8) is 0 Å². The van der Waals surface area contributed by atoms with Gasteiger partial charge in [0.2, 0.25) is 0 Å². The second-order valence-corrected chi connectivity index (χ2v) is 5.60. The third-order valence-electron chi connectivity index (χ3n) is 2.53.